The van der Waals surface area contributed by atoms with E-state index < -0.39 is 0 Å². The Morgan fingerprint density at radius 1 is 1.43 bits per heavy atom. The van der Waals surface area contributed by atoms with Gasteiger partial charge in [0.25, 0.3) is 0 Å². The molecule has 0 bridgehead atoms. The molecule has 3 N–H and O–H groups in total. The predicted molar refractivity (Wildman–Crippen MR) is 91.1 cm³/mol. The number of nitrogens with two attached hydrogens (primary N) is 1. The van der Waals surface area contributed by atoms with Gasteiger partial charge in [-0.15, -0.1) is 0 Å². The zero-order chi connectivity index (χ0) is 16.4. The number of anilines is 1. The fourth-order valence-corrected chi connectivity index (χ4v) is 3.79. The van der Waals surface area contributed by atoms with Crippen molar-refractivity contribution in [2.45, 2.75) is 63.9 Å². The molecule has 0 spiro atoms. The van der Waals surface area contributed by atoms with Gasteiger partial charge in [-0.25, -0.2) is 0 Å². The lowest BCUT2D eigenvalue weighted by atomic mass is 10.1. The van der Waals surface area contributed by atoms with Crippen LogP contribution in [-0.2, 0) is 16.1 Å². The van der Waals surface area contributed by atoms with Gasteiger partial charge in [-0.1, -0.05) is 12.1 Å². The standard InChI is InChI=1S/C18H27N3O2/c1-12-9-16(13(2)23-12)20-15-6-3-5-14(10-15)11-21-8-4-7-17(21)18(19)22/h3,5-6,10,12-13,16-17,20H,4,7-9,11H2,1-2H3,(H2,19,22). The number of carbonyl (C=O) groups excluding carboxylic acids is 1. The van der Waals surface area contributed by atoms with Crippen LogP contribution in [0, 0.1) is 0 Å². The van der Waals surface area contributed by atoms with Crippen LogP contribution in [-0.4, -0.2) is 41.6 Å². The minimum Gasteiger partial charge on any atom is -0.380 e. The molecule has 2 aliphatic heterocycles. The highest BCUT2D eigenvalue weighted by Crippen LogP contribution is 2.25. The summed E-state index contributed by atoms with van der Waals surface area (Å²) in [5.74, 6) is -0.206. The Kier molecular flexibility index (Phi) is 4.87. The van der Waals surface area contributed by atoms with E-state index in [1.807, 2.05) is 0 Å². The molecule has 2 saturated heterocycles. The molecule has 1 aromatic rings. The summed E-state index contributed by atoms with van der Waals surface area (Å²) in [4.78, 5) is 13.7. The van der Waals surface area contributed by atoms with E-state index in [4.69, 9.17) is 10.5 Å². The largest absolute Gasteiger partial charge is 0.380 e. The van der Waals surface area contributed by atoms with Gasteiger partial charge in [-0.05, 0) is 57.4 Å². The Bertz CT molecular complexity index is 563. The van der Waals surface area contributed by atoms with E-state index in [1.54, 1.807) is 0 Å². The molecule has 5 heteroatoms. The van der Waals surface area contributed by atoms with E-state index >= 15 is 0 Å². The molecule has 1 amide bonds. The molecule has 23 heavy (non-hydrogen) atoms. The number of benzene rings is 1. The summed E-state index contributed by atoms with van der Waals surface area (Å²) in [6.07, 6.45) is 3.49. The van der Waals surface area contributed by atoms with Gasteiger partial charge in [0.1, 0.15) is 0 Å². The van der Waals surface area contributed by atoms with Crippen LogP contribution in [0.3, 0.4) is 0 Å². The van der Waals surface area contributed by atoms with Crippen LogP contribution in [0.4, 0.5) is 5.69 Å². The first-order valence-corrected chi connectivity index (χ1v) is 8.57. The van der Waals surface area contributed by atoms with Gasteiger partial charge in [-0.3, -0.25) is 9.69 Å². The molecular formula is C18H27N3O2. The highest BCUT2D eigenvalue weighted by atomic mass is 16.5. The molecule has 0 saturated carbocycles. The molecule has 0 aliphatic carbocycles. The van der Waals surface area contributed by atoms with Crippen LogP contribution in [0.15, 0.2) is 24.3 Å². The molecule has 126 valence electrons. The number of hydrogen-bond donors (Lipinski definition) is 2. The Hall–Kier alpha value is -1.59. The SMILES string of the molecule is CC1CC(Nc2cccc(CN3CCCC3C(N)=O)c2)C(C)O1. The van der Waals surface area contributed by atoms with Gasteiger partial charge in [-0.2, -0.15) is 0 Å². The third kappa shape index (κ3) is 3.85. The molecule has 4 atom stereocenters. The van der Waals surface area contributed by atoms with Crippen molar-refractivity contribution in [1.29, 1.82) is 0 Å². The molecule has 2 fully saturated rings. The van der Waals surface area contributed by atoms with Crippen LogP contribution in [0.5, 0.6) is 0 Å². The number of primary amides is 1. The highest BCUT2D eigenvalue weighted by molar-refractivity contribution is 5.80. The van der Waals surface area contributed by atoms with Crippen LogP contribution in [0.25, 0.3) is 0 Å². The molecule has 4 unspecified atom stereocenters. The fraction of sp³-hybridized carbons (Fsp3) is 0.611. The summed E-state index contributed by atoms with van der Waals surface area (Å²) < 4.78 is 5.80. The zero-order valence-corrected chi connectivity index (χ0v) is 14.0. The van der Waals surface area contributed by atoms with Crippen LogP contribution < -0.4 is 11.1 Å². The minimum absolute atomic E-state index is 0.115. The summed E-state index contributed by atoms with van der Waals surface area (Å²) in [5.41, 5.74) is 7.83. The summed E-state index contributed by atoms with van der Waals surface area (Å²) in [5, 5.41) is 3.59. The van der Waals surface area contributed by atoms with Gasteiger partial charge in [0.15, 0.2) is 0 Å². The smallest absolute Gasteiger partial charge is 0.234 e. The van der Waals surface area contributed by atoms with E-state index in [-0.39, 0.29) is 18.1 Å². The summed E-state index contributed by atoms with van der Waals surface area (Å²) >= 11 is 0. The van der Waals surface area contributed by atoms with E-state index in [0.29, 0.717) is 12.1 Å². The van der Waals surface area contributed by atoms with E-state index in [0.717, 1.165) is 38.0 Å². The molecule has 5 nitrogen and oxygen atoms in total. The fourth-order valence-electron chi connectivity index (χ4n) is 3.79. The van der Waals surface area contributed by atoms with Crippen molar-refractivity contribution in [1.82, 2.24) is 4.90 Å². The molecule has 2 heterocycles. The summed E-state index contributed by atoms with van der Waals surface area (Å²) in [7, 11) is 0. The van der Waals surface area contributed by atoms with E-state index in [9.17, 15) is 4.79 Å². The molecule has 0 aromatic heterocycles. The Morgan fingerprint density at radius 2 is 2.26 bits per heavy atom. The van der Waals surface area contributed by atoms with E-state index in [2.05, 4.69) is 48.3 Å². The van der Waals surface area contributed by atoms with Crippen molar-refractivity contribution in [3.05, 3.63) is 29.8 Å². The quantitative estimate of drug-likeness (QED) is 0.873. The highest BCUT2D eigenvalue weighted by Gasteiger charge is 2.30. The monoisotopic (exact) mass is 317 g/mol. The number of nitrogens with zero attached hydrogens (tertiary/aromatic N) is 1. The molecular weight excluding hydrogens is 290 g/mol. The molecule has 0 radical (unpaired) electrons. The van der Waals surface area contributed by atoms with Crippen molar-refractivity contribution in [3.8, 4) is 0 Å². The second kappa shape index (κ2) is 6.89. The van der Waals surface area contributed by atoms with Gasteiger partial charge in [0.2, 0.25) is 5.91 Å². The predicted octanol–water partition coefficient (Wildman–Crippen LogP) is 2.11. The topological polar surface area (TPSA) is 67.6 Å². The van der Waals surface area contributed by atoms with E-state index in [1.165, 1.54) is 5.56 Å². The molecule has 1 aromatic carbocycles. The van der Waals surface area contributed by atoms with Crippen molar-refractivity contribution in [3.63, 3.8) is 0 Å². The average molecular weight is 317 g/mol. The van der Waals surface area contributed by atoms with Crippen LogP contribution in [0.2, 0.25) is 0 Å². The lowest BCUT2D eigenvalue weighted by molar-refractivity contribution is -0.122. The Labute approximate surface area is 138 Å². The number of amides is 1. The van der Waals surface area contributed by atoms with Crippen molar-refractivity contribution >= 4 is 11.6 Å². The Balaban J connectivity index is 1.64. The average Bonchev–Trinajstić information content (AvgIpc) is 3.06. The maximum Gasteiger partial charge on any atom is 0.234 e. The molecule has 2 aliphatic rings. The first-order chi connectivity index (χ1) is 11.0. The van der Waals surface area contributed by atoms with Crippen molar-refractivity contribution < 1.29 is 9.53 Å². The van der Waals surface area contributed by atoms with Crippen molar-refractivity contribution in [2.75, 3.05) is 11.9 Å². The first kappa shape index (κ1) is 16.3. The zero-order valence-electron chi connectivity index (χ0n) is 14.0. The summed E-state index contributed by atoms with van der Waals surface area (Å²) in [6.45, 7) is 5.95. The third-order valence-electron chi connectivity index (χ3n) is 4.96. The number of nitrogens with one attached hydrogen (secondary N) is 1. The number of likely N-dealkylation sites (tertiary alicyclic amines) is 1. The lowest BCUT2D eigenvalue weighted by Gasteiger charge is -2.23. The maximum atomic E-state index is 11.5. The minimum atomic E-state index is -0.206. The van der Waals surface area contributed by atoms with Gasteiger partial charge in [0.05, 0.1) is 24.3 Å². The number of rotatable bonds is 5. The van der Waals surface area contributed by atoms with Crippen molar-refractivity contribution in [2.24, 2.45) is 5.73 Å². The van der Waals surface area contributed by atoms with Crippen LogP contribution in [0.1, 0.15) is 38.7 Å². The number of ether oxygens (including phenoxy) is 1. The number of hydrogen-bond acceptors (Lipinski definition) is 4. The Morgan fingerprint density at radius 3 is 2.96 bits per heavy atom. The second-order valence-electron chi connectivity index (χ2n) is 6.87. The van der Waals surface area contributed by atoms with Gasteiger partial charge >= 0.3 is 0 Å². The lowest BCUT2D eigenvalue weighted by Crippen LogP contribution is -2.39. The summed E-state index contributed by atoms with van der Waals surface area (Å²) in [6, 6.07) is 8.68. The van der Waals surface area contributed by atoms with Gasteiger partial charge in [0, 0.05) is 12.2 Å². The second-order valence-corrected chi connectivity index (χ2v) is 6.87. The van der Waals surface area contributed by atoms with Gasteiger partial charge < -0.3 is 15.8 Å². The number of carbonyl (C=O) groups is 1. The first-order valence-electron chi connectivity index (χ1n) is 8.57. The molecule has 3 rings (SSSR count). The maximum absolute atomic E-state index is 11.5. The third-order valence-corrected chi connectivity index (χ3v) is 4.96. The van der Waals surface area contributed by atoms with Crippen LogP contribution >= 0.6 is 0 Å². The normalized spacial score (nSPS) is 31.4.